The van der Waals surface area contributed by atoms with Crippen LogP contribution in [0.15, 0.2) is 72.0 Å². The van der Waals surface area contributed by atoms with E-state index in [2.05, 4.69) is 67.2 Å². The summed E-state index contributed by atoms with van der Waals surface area (Å²) in [6.07, 6.45) is 3.88. The van der Waals surface area contributed by atoms with Crippen molar-refractivity contribution in [2.24, 2.45) is 0 Å². The molecule has 0 aliphatic carbocycles. The fourth-order valence-corrected chi connectivity index (χ4v) is 5.61. The second-order valence-electron chi connectivity index (χ2n) is 9.83. The molecule has 168 valence electrons. The molecule has 1 amide bonds. The number of thioether (sulfide) groups is 1. The van der Waals surface area contributed by atoms with Crippen molar-refractivity contribution in [3.8, 4) is 16.9 Å². The van der Waals surface area contributed by atoms with Gasteiger partial charge in [-0.2, -0.15) is 0 Å². The third-order valence-corrected chi connectivity index (χ3v) is 6.62. The molecule has 1 saturated heterocycles. The molecule has 0 bridgehead atoms. The highest BCUT2D eigenvalue weighted by Crippen LogP contribution is 2.30. The number of hydrogen-bond acceptors (Lipinski definition) is 4. The summed E-state index contributed by atoms with van der Waals surface area (Å²) in [5.41, 5.74) is 3.00. The molecule has 2 N–H and O–H groups in total. The van der Waals surface area contributed by atoms with Crippen LogP contribution in [-0.4, -0.2) is 38.3 Å². The largest absolute Gasteiger partial charge is 0.353 e. The van der Waals surface area contributed by atoms with Crippen molar-refractivity contribution < 1.29 is 4.79 Å². The fourth-order valence-electron chi connectivity index (χ4n) is 4.81. The zero-order valence-corrected chi connectivity index (χ0v) is 20.1. The molecule has 6 heteroatoms. The maximum absolute atomic E-state index is 12.8. The van der Waals surface area contributed by atoms with Gasteiger partial charge in [0.2, 0.25) is 5.91 Å². The Balaban J connectivity index is 1.49. The lowest BCUT2D eigenvalue weighted by Crippen LogP contribution is -2.62. The number of hydrogen-bond donors (Lipinski definition) is 2. The molecule has 0 saturated carbocycles. The molecule has 2 heterocycles. The van der Waals surface area contributed by atoms with Crippen LogP contribution in [0.4, 0.5) is 0 Å². The number of rotatable bonds is 6. The second kappa shape index (κ2) is 9.12. The molecule has 1 aliphatic heterocycles. The maximum Gasteiger partial charge on any atom is 0.230 e. The van der Waals surface area contributed by atoms with Crippen LogP contribution in [0.1, 0.15) is 40.5 Å². The number of para-hydroxylation sites is 1. The van der Waals surface area contributed by atoms with Gasteiger partial charge in [0.25, 0.3) is 0 Å². The standard InChI is InChI=1S/C26H32N4OS/c1-25(2)15-20(16-26(3,4)29-25)27-23(31)18-32-24-28-22(19-11-7-5-8-12-19)17-30(24)21-13-9-6-10-14-21/h5-14,17,20,29H,15-16,18H2,1-4H3,(H,27,31). The quantitative estimate of drug-likeness (QED) is 0.518. The predicted octanol–water partition coefficient (Wildman–Crippen LogP) is 5.06. The van der Waals surface area contributed by atoms with Gasteiger partial charge in [0.05, 0.1) is 11.4 Å². The number of piperidine rings is 1. The Kier molecular flexibility index (Phi) is 6.45. The van der Waals surface area contributed by atoms with E-state index in [0.717, 1.165) is 34.9 Å². The third kappa shape index (κ3) is 5.61. The summed E-state index contributed by atoms with van der Waals surface area (Å²) in [7, 11) is 0. The zero-order valence-electron chi connectivity index (χ0n) is 19.3. The first-order chi connectivity index (χ1) is 15.2. The van der Waals surface area contributed by atoms with E-state index in [4.69, 9.17) is 4.98 Å². The predicted molar refractivity (Wildman–Crippen MR) is 132 cm³/mol. The van der Waals surface area contributed by atoms with Gasteiger partial charge in [-0.05, 0) is 52.7 Å². The van der Waals surface area contributed by atoms with Gasteiger partial charge in [-0.15, -0.1) is 0 Å². The van der Waals surface area contributed by atoms with Crippen LogP contribution >= 0.6 is 11.8 Å². The first-order valence-corrected chi connectivity index (χ1v) is 12.1. The maximum atomic E-state index is 12.8. The number of benzene rings is 2. The van der Waals surface area contributed by atoms with Crippen LogP contribution in [0.25, 0.3) is 16.9 Å². The minimum absolute atomic E-state index is 0.000981. The molecule has 1 fully saturated rings. The third-order valence-electron chi connectivity index (χ3n) is 5.67. The molecule has 3 aromatic rings. The van der Waals surface area contributed by atoms with Gasteiger partial charge in [0.15, 0.2) is 5.16 Å². The van der Waals surface area contributed by atoms with Crippen LogP contribution in [0.5, 0.6) is 0 Å². The smallest absolute Gasteiger partial charge is 0.230 e. The van der Waals surface area contributed by atoms with E-state index >= 15 is 0 Å². The number of imidazole rings is 1. The normalized spacial score (nSPS) is 17.8. The van der Waals surface area contributed by atoms with Gasteiger partial charge in [0.1, 0.15) is 0 Å². The van der Waals surface area contributed by atoms with Crippen LogP contribution in [-0.2, 0) is 4.79 Å². The lowest BCUT2D eigenvalue weighted by Gasteiger charge is -2.46. The number of amides is 1. The van der Waals surface area contributed by atoms with Gasteiger partial charge >= 0.3 is 0 Å². The Morgan fingerprint density at radius 2 is 1.62 bits per heavy atom. The second-order valence-corrected chi connectivity index (χ2v) is 10.8. The molecule has 1 aliphatic rings. The molecule has 0 radical (unpaired) electrons. The number of carbonyl (C=O) groups excluding carboxylic acids is 1. The van der Waals surface area contributed by atoms with E-state index in [0.29, 0.717) is 5.75 Å². The SMILES string of the molecule is CC1(C)CC(NC(=O)CSc2nc(-c3ccccc3)cn2-c2ccccc2)CC(C)(C)N1. The molecule has 0 spiro atoms. The minimum atomic E-state index is 0.000981. The van der Waals surface area contributed by atoms with Gasteiger partial charge in [-0.3, -0.25) is 9.36 Å². The number of nitrogens with one attached hydrogen (secondary N) is 2. The summed E-state index contributed by atoms with van der Waals surface area (Å²) in [6.45, 7) is 8.79. The van der Waals surface area contributed by atoms with Crippen molar-refractivity contribution in [1.82, 2.24) is 20.2 Å². The average molecular weight is 449 g/mol. The van der Waals surface area contributed by atoms with E-state index < -0.39 is 0 Å². The number of nitrogens with zero attached hydrogens (tertiary/aromatic N) is 2. The fraction of sp³-hybridized carbons (Fsp3) is 0.385. The van der Waals surface area contributed by atoms with Crippen molar-refractivity contribution in [2.75, 3.05) is 5.75 Å². The Labute approximate surface area is 195 Å². The van der Waals surface area contributed by atoms with E-state index in [1.54, 1.807) is 0 Å². The summed E-state index contributed by atoms with van der Waals surface area (Å²) in [4.78, 5) is 17.7. The van der Waals surface area contributed by atoms with E-state index in [9.17, 15) is 4.79 Å². The van der Waals surface area contributed by atoms with Crippen molar-refractivity contribution in [1.29, 1.82) is 0 Å². The first-order valence-electron chi connectivity index (χ1n) is 11.1. The number of carbonyl (C=O) groups is 1. The molecule has 1 aromatic heterocycles. The molecule has 5 nitrogen and oxygen atoms in total. The molecular weight excluding hydrogens is 416 g/mol. The van der Waals surface area contributed by atoms with E-state index in [-0.39, 0.29) is 23.0 Å². The van der Waals surface area contributed by atoms with Gasteiger partial charge in [0, 0.05) is 34.6 Å². The highest BCUT2D eigenvalue weighted by atomic mass is 32.2. The lowest BCUT2D eigenvalue weighted by molar-refractivity contribution is -0.119. The first kappa shape index (κ1) is 22.6. The van der Waals surface area contributed by atoms with Gasteiger partial charge in [-0.25, -0.2) is 4.98 Å². The van der Waals surface area contributed by atoms with Crippen molar-refractivity contribution in [3.63, 3.8) is 0 Å². The Morgan fingerprint density at radius 3 is 2.25 bits per heavy atom. The molecule has 2 aromatic carbocycles. The molecular formula is C26H32N4OS. The number of aromatic nitrogens is 2. The summed E-state index contributed by atoms with van der Waals surface area (Å²) < 4.78 is 2.07. The zero-order chi connectivity index (χ0) is 22.8. The molecule has 4 rings (SSSR count). The summed E-state index contributed by atoms with van der Waals surface area (Å²) in [6, 6.07) is 20.4. The highest BCUT2D eigenvalue weighted by Gasteiger charge is 2.38. The van der Waals surface area contributed by atoms with Crippen molar-refractivity contribution in [2.45, 2.75) is 62.8 Å². The Bertz CT molecular complexity index is 1040. The lowest BCUT2D eigenvalue weighted by atomic mass is 9.79. The average Bonchev–Trinajstić information content (AvgIpc) is 3.15. The van der Waals surface area contributed by atoms with Gasteiger partial charge < -0.3 is 10.6 Å². The molecule has 32 heavy (non-hydrogen) atoms. The van der Waals surface area contributed by atoms with Crippen LogP contribution in [0.2, 0.25) is 0 Å². The Morgan fingerprint density at radius 1 is 1.03 bits per heavy atom. The molecule has 0 atom stereocenters. The summed E-state index contributed by atoms with van der Waals surface area (Å²) in [5.74, 6) is 0.389. The van der Waals surface area contributed by atoms with E-state index in [1.165, 1.54) is 11.8 Å². The van der Waals surface area contributed by atoms with Crippen LogP contribution < -0.4 is 10.6 Å². The van der Waals surface area contributed by atoms with Crippen LogP contribution in [0, 0.1) is 0 Å². The van der Waals surface area contributed by atoms with Gasteiger partial charge in [-0.1, -0.05) is 60.3 Å². The van der Waals surface area contributed by atoms with Crippen LogP contribution in [0.3, 0.4) is 0 Å². The summed E-state index contributed by atoms with van der Waals surface area (Å²) in [5, 5.41) is 7.74. The minimum Gasteiger partial charge on any atom is -0.353 e. The highest BCUT2D eigenvalue weighted by molar-refractivity contribution is 7.99. The van der Waals surface area contributed by atoms with E-state index in [1.807, 2.05) is 42.6 Å². The summed E-state index contributed by atoms with van der Waals surface area (Å²) >= 11 is 1.48. The Hall–Kier alpha value is -2.57. The topological polar surface area (TPSA) is 59.0 Å². The monoisotopic (exact) mass is 448 g/mol. The van der Waals surface area contributed by atoms with Crippen molar-refractivity contribution in [3.05, 3.63) is 66.9 Å². The molecule has 0 unspecified atom stereocenters. The van der Waals surface area contributed by atoms with Crippen molar-refractivity contribution >= 4 is 17.7 Å².